The number of piperidine rings is 1. The van der Waals surface area contributed by atoms with Crippen molar-refractivity contribution in [2.24, 2.45) is 5.73 Å². The highest BCUT2D eigenvalue weighted by Gasteiger charge is 2.21. The molecule has 2 heterocycles. The van der Waals surface area contributed by atoms with Crippen LogP contribution in [0.3, 0.4) is 0 Å². The van der Waals surface area contributed by atoms with Crippen molar-refractivity contribution >= 4 is 16.5 Å². The van der Waals surface area contributed by atoms with Gasteiger partial charge in [-0.15, -0.1) is 11.3 Å². The van der Waals surface area contributed by atoms with E-state index in [0.29, 0.717) is 12.6 Å². The number of nitrogens with zero attached hydrogens (tertiary/aromatic N) is 2. The van der Waals surface area contributed by atoms with Gasteiger partial charge in [-0.05, 0) is 12.8 Å². The molecule has 0 saturated carbocycles. The lowest BCUT2D eigenvalue weighted by Crippen LogP contribution is -2.39. The second kappa shape index (κ2) is 4.92. The van der Waals surface area contributed by atoms with Gasteiger partial charge in [-0.1, -0.05) is 0 Å². The van der Waals surface area contributed by atoms with Gasteiger partial charge >= 0.3 is 0 Å². The maximum absolute atomic E-state index is 5.57. The molecule has 2 N–H and O–H groups in total. The molecule has 0 aromatic carbocycles. The van der Waals surface area contributed by atoms with E-state index in [1.807, 2.05) is 6.20 Å². The third kappa shape index (κ3) is 2.48. The summed E-state index contributed by atoms with van der Waals surface area (Å²) in [5.74, 6) is 0. The normalized spacial score (nSPS) is 22.0. The standard InChI is InChI=1S/C10H17N3OS/c1-14-8-3-2-4-13(7-8)10-12-6-9(5-11)15-10/h6,8H,2-5,7,11H2,1H3. The first kappa shape index (κ1) is 10.9. The maximum Gasteiger partial charge on any atom is 0.185 e. The van der Waals surface area contributed by atoms with Crippen LogP contribution >= 0.6 is 11.3 Å². The van der Waals surface area contributed by atoms with Gasteiger partial charge < -0.3 is 15.4 Å². The fourth-order valence-corrected chi connectivity index (χ4v) is 2.67. The van der Waals surface area contributed by atoms with Crippen molar-refractivity contribution in [1.29, 1.82) is 0 Å². The van der Waals surface area contributed by atoms with Crippen LogP contribution in [0.1, 0.15) is 17.7 Å². The number of hydrogen-bond donors (Lipinski definition) is 1. The topological polar surface area (TPSA) is 51.4 Å². The fraction of sp³-hybridized carbons (Fsp3) is 0.700. The van der Waals surface area contributed by atoms with Crippen LogP contribution in [0.2, 0.25) is 0 Å². The van der Waals surface area contributed by atoms with Crippen LogP contribution in [0.15, 0.2) is 6.20 Å². The fourth-order valence-electron chi connectivity index (χ4n) is 1.84. The van der Waals surface area contributed by atoms with Gasteiger partial charge in [0.05, 0.1) is 6.10 Å². The summed E-state index contributed by atoms with van der Waals surface area (Å²) < 4.78 is 5.39. The molecule has 1 unspecified atom stereocenters. The van der Waals surface area contributed by atoms with E-state index in [2.05, 4.69) is 9.88 Å². The Labute approximate surface area is 94.1 Å². The lowest BCUT2D eigenvalue weighted by Gasteiger charge is -2.31. The summed E-state index contributed by atoms with van der Waals surface area (Å²) in [6, 6.07) is 0. The predicted molar refractivity (Wildman–Crippen MR) is 62.2 cm³/mol. The van der Waals surface area contributed by atoms with Crippen LogP contribution in [-0.2, 0) is 11.3 Å². The van der Waals surface area contributed by atoms with Crippen LogP contribution in [0.5, 0.6) is 0 Å². The molecule has 0 amide bonds. The minimum Gasteiger partial charge on any atom is -0.380 e. The van der Waals surface area contributed by atoms with Gasteiger partial charge in [-0.25, -0.2) is 4.98 Å². The SMILES string of the molecule is COC1CCCN(c2ncc(CN)s2)C1. The van der Waals surface area contributed by atoms with E-state index >= 15 is 0 Å². The summed E-state index contributed by atoms with van der Waals surface area (Å²) in [6.45, 7) is 2.62. The molecule has 1 aliphatic rings. The smallest absolute Gasteiger partial charge is 0.185 e. The quantitative estimate of drug-likeness (QED) is 0.843. The summed E-state index contributed by atoms with van der Waals surface area (Å²) in [5.41, 5.74) is 5.57. The van der Waals surface area contributed by atoms with Gasteiger partial charge in [0.25, 0.3) is 0 Å². The number of methoxy groups -OCH3 is 1. The second-order valence-corrected chi connectivity index (χ2v) is 4.85. The second-order valence-electron chi connectivity index (χ2n) is 3.76. The Morgan fingerprint density at radius 2 is 2.60 bits per heavy atom. The van der Waals surface area contributed by atoms with E-state index < -0.39 is 0 Å². The Hall–Kier alpha value is -0.650. The lowest BCUT2D eigenvalue weighted by atomic mass is 10.1. The van der Waals surface area contributed by atoms with E-state index in [1.165, 1.54) is 6.42 Å². The summed E-state index contributed by atoms with van der Waals surface area (Å²) in [5, 5.41) is 1.08. The zero-order chi connectivity index (χ0) is 10.7. The molecule has 15 heavy (non-hydrogen) atoms. The molecule has 1 saturated heterocycles. The lowest BCUT2D eigenvalue weighted by molar-refractivity contribution is 0.0893. The molecule has 0 bridgehead atoms. The Kier molecular flexibility index (Phi) is 3.56. The molecule has 2 rings (SSSR count). The maximum atomic E-state index is 5.57. The predicted octanol–water partition coefficient (Wildman–Crippen LogP) is 1.22. The van der Waals surface area contributed by atoms with Crippen molar-refractivity contribution in [3.05, 3.63) is 11.1 Å². The highest BCUT2D eigenvalue weighted by molar-refractivity contribution is 7.15. The van der Waals surface area contributed by atoms with Crippen LogP contribution in [0, 0.1) is 0 Å². The van der Waals surface area contributed by atoms with E-state index in [1.54, 1.807) is 18.4 Å². The van der Waals surface area contributed by atoms with Crippen molar-refractivity contribution < 1.29 is 4.74 Å². The zero-order valence-corrected chi connectivity index (χ0v) is 9.80. The number of hydrogen-bond acceptors (Lipinski definition) is 5. The minimum absolute atomic E-state index is 0.351. The Morgan fingerprint density at radius 1 is 1.73 bits per heavy atom. The van der Waals surface area contributed by atoms with Gasteiger partial charge in [-0.3, -0.25) is 0 Å². The molecular weight excluding hydrogens is 210 g/mol. The van der Waals surface area contributed by atoms with Crippen molar-refractivity contribution in [2.75, 3.05) is 25.1 Å². The molecule has 5 heteroatoms. The Bertz CT molecular complexity index is 315. The molecule has 0 spiro atoms. The van der Waals surface area contributed by atoms with Gasteiger partial charge in [-0.2, -0.15) is 0 Å². The van der Waals surface area contributed by atoms with Crippen LogP contribution < -0.4 is 10.6 Å². The summed E-state index contributed by atoms with van der Waals surface area (Å²) in [6.07, 6.45) is 4.55. The number of ether oxygens (including phenoxy) is 1. The van der Waals surface area contributed by atoms with Crippen molar-refractivity contribution in [2.45, 2.75) is 25.5 Å². The molecule has 1 fully saturated rings. The molecule has 0 aliphatic carbocycles. The third-order valence-electron chi connectivity index (χ3n) is 2.72. The first-order valence-electron chi connectivity index (χ1n) is 5.26. The van der Waals surface area contributed by atoms with E-state index in [4.69, 9.17) is 10.5 Å². The molecule has 0 radical (unpaired) electrons. The first-order chi connectivity index (χ1) is 7.33. The first-order valence-corrected chi connectivity index (χ1v) is 6.07. The zero-order valence-electron chi connectivity index (χ0n) is 8.98. The van der Waals surface area contributed by atoms with E-state index in [-0.39, 0.29) is 0 Å². The Balaban J connectivity index is 2.03. The van der Waals surface area contributed by atoms with Crippen LogP contribution in [-0.4, -0.2) is 31.3 Å². The van der Waals surface area contributed by atoms with E-state index in [9.17, 15) is 0 Å². The summed E-state index contributed by atoms with van der Waals surface area (Å²) in [7, 11) is 1.78. The Morgan fingerprint density at radius 3 is 3.27 bits per heavy atom. The molecule has 1 atom stereocenters. The molecule has 1 aliphatic heterocycles. The number of nitrogens with two attached hydrogens (primary N) is 1. The average molecular weight is 227 g/mol. The highest BCUT2D eigenvalue weighted by Crippen LogP contribution is 2.25. The van der Waals surface area contributed by atoms with Gasteiger partial charge in [0.2, 0.25) is 0 Å². The number of thiazole rings is 1. The summed E-state index contributed by atoms with van der Waals surface area (Å²) >= 11 is 1.69. The highest BCUT2D eigenvalue weighted by atomic mass is 32.1. The van der Waals surface area contributed by atoms with Crippen molar-refractivity contribution in [1.82, 2.24) is 4.98 Å². The van der Waals surface area contributed by atoms with Gasteiger partial charge in [0.1, 0.15) is 0 Å². The minimum atomic E-state index is 0.351. The number of aromatic nitrogens is 1. The molecule has 1 aromatic rings. The van der Waals surface area contributed by atoms with Gasteiger partial charge in [0.15, 0.2) is 5.13 Å². The van der Waals surface area contributed by atoms with Crippen molar-refractivity contribution in [3.8, 4) is 0 Å². The monoisotopic (exact) mass is 227 g/mol. The summed E-state index contributed by atoms with van der Waals surface area (Å²) in [4.78, 5) is 7.82. The number of anilines is 1. The average Bonchev–Trinajstić information content (AvgIpc) is 2.78. The van der Waals surface area contributed by atoms with E-state index in [0.717, 1.165) is 29.5 Å². The number of rotatable bonds is 3. The largest absolute Gasteiger partial charge is 0.380 e. The molecule has 1 aromatic heterocycles. The molecular formula is C10H17N3OS. The molecule has 4 nitrogen and oxygen atoms in total. The van der Waals surface area contributed by atoms with Crippen molar-refractivity contribution in [3.63, 3.8) is 0 Å². The van der Waals surface area contributed by atoms with Gasteiger partial charge in [0, 0.05) is 37.8 Å². The van der Waals surface area contributed by atoms with Crippen LogP contribution in [0.4, 0.5) is 5.13 Å². The third-order valence-corrected chi connectivity index (χ3v) is 3.81. The molecule has 84 valence electrons. The van der Waals surface area contributed by atoms with Crippen LogP contribution in [0.25, 0.3) is 0 Å².